The molecule has 0 bridgehead atoms. The van der Waals surface area contributed by atoms with Crippen LogP contribution in [0.1, 0.15) is 26.2 Å². The molecule has 0 amide bonds. The summed E-state index contributed by atoms with van der Waals surface area (Å²) >= 11 is 0. The Hall–Kier alpha value is -0.380. The maximum absolute atomic E-state index is 8.55. The predicted molar refractivity (Wildman–Crippen MR) is 50.4 cm³/mol. The van der Waals surface area contributed by atoms with E-state index in [0.29, 0.717) is 0 Å². The first-order valence-corrected chi connectivity index (χ1v) is 4.87. The van der Waals surface area contributed by atoms with E-state index >= 15 is 0 Å². The van der Waals surface area contributed by atoms with Gasteiger partial charge in [0.2, 0.25) is 0 Å². The number of aliphatic hydroxyl groups excluding tert-OH is 1. The minimum atomic E-state index is -0.0490. The zero-order chi connectivity index (χ0) is 9.52. The van der Waals surface area contributed by atoms with E-state index in [4.69, 9.17) is 14.6 Å². The Bertz CT molecular complexity index is 150. The van der Waals surface area contributed by atoms with Crippen LogP contribution in [0.15, 0.2) is 12.2 Å². The predicted octanol–water partition coefficient (Wildman–Crippen LogP) is 1.47. The van der Waals surface area contributed by atoms with Crippen LogP contribution in [-0.2, 0) is 9.47 Å². The lowest BCUT2D eigenvalue weighted by atomic mass is 10.2. The second-order valence-electron chi connectivity index (χ2n) is 3.25. The van der Waals surface area contributed by atoms with Crippen molar-refractivity contribution in [1.29, 1.82) is 0 Å². The molecule has 1 rings (SSSR count). The summed E-state index contributed by atoms with van der Waals surface area (Å²) in [5.41, 5.74) is 0. The molecule has 0 aromatic rings. The van der Waals surface area contributed by atoms with E-state index in [1.54, 1.807) is 6.08 Å². The van der Waals surface area contributed by atoms with Crippen molar-refractivity contribution >= 4 is 0 Å². The summed E-state index contributed by atoms with van der Waals surface area (Å²) in [6.07, 6.45) is 6.81. The molecule has 1 heterocycles. The highest BCUT2D eigenvalue weighted by atomic mass is 16.7. The fourth-order valence-electron chi connectivity index (χ4n) is 1.36. The largest absolute Gasteiger partial charge is 0.392 e. The van der Waals surface area contributed by atoms with Gasteiger partial charge in [-0.25, -0.2) is 0 Å². The van der Waals surface area contributed by atoms with Crippen molar-refractivity contribution in [2.75, 3.05) is 13.2 Å². The lowest BCUT2D eigenvalue weighted by Crippen LogP contribution is -2.25. The smallest absolute Gasteiger partial charge is 0.158 e. The lowest BCUT2D eigenvalue weighted by Gasteiger charge is -2.24. The molecule has 0 saturated carbocycles. The van der Waals surface area contributed by atoms with Crippen LogP contribution >= 0.6 is 0 Å². The Kier molecular flexibility index (Phi) is 5.05. The zero-order valence-electron chi connectivity index (χ0n) is 8.11. The molecule has 1 aliphatic rings. The highest BCUT2D eigenvalue weighted by Crippen LogP contribution is 2.15. The number of rotatable bonds is 4. The minimum absolute atomic E-state index is 0.0234. The Balaban J connectivity index is 2.18. The molecule has 0 aromatic heterocycles. The highest BCUT2D eigenvalue weighted by molar-refractivity contribution is 4.87. The molecule has 1 fully saturated rings. The molecular formula is C10H18O3. The fourth-order valence-corrected chi connectivity index (χ4v) is 1.36. The molecule has 13 heavy (non-hydrogen) atoms. The summed E-state index contributed by atoms with van der Waals surface area (Å²) in [5.74, 6) is 0. The maximum Gasteiger partial charge on any atom is 0.158 e. The van der Waals surface area contributed by atoms with Crippen molar-refractivity contribution in [2.24, 2.45) is 0 Å². The summed E-state index contributed by atoms with van der Waals surface area (Å²) in [4.78, 5) is 0. The van der Waals surface area contributed by atoms with Gasteiger partial charge in [-0.3, -0.25) is 0 Å². The molecule has 0 spiro atoms. The Labute approximate surface area is 79.3 Å². The summed E-state index contributed by atoms with van der Waals surface area (Å²) in [7, 11) is 0. The van der Waals surface area contributed by atoms with Crippen LogP contribution in [-0.4, -0.2) is 30.7 Å². The quantitative estimate of drug-likeness (QED) is 0.676. The molecule has 3 nitrogen and oxygen atoms in total. The third kappa shape index (κ3) is 4.41. The minimum Gasteiger partial charge on any atom is -0.392 e. The van der Waals surface area contributed by atoms with E-state index in [1.807, 2.05) is 13.0 Å². The molecule has 0 aromatic carbocycles. The van der Waals surface area contributed by atoms with Gasteiger partial charge in [-0.05, 0) is 26.2 Å². The van der Waals surface area contributed by atoms with Gasteiger partial charge in [0.15, 0.2) is 6.29 Å². The van der Waals surface area contributed by atoms with Crippen LogP contribution in [0.25, 0.3) is 0 Å². The number of hydrogen-bond acceptors (Lipinski definition) is 3. The van der Waals surface area contributed by atoms with Crippen molar-refractivity contribution in [1.82, 2.24) is 0 Å². The van der Waals surface area contributed by atoms with E-state index < -0.39 is 0 Å². The third-order valence-electron chi connectivity index (χ3n) is 2.02. The van der Waals surface area contributed by atoms with Crippen molar-refractivity contribution in [2.45, 2.75) is 38.6 Å². The van der Waals surface area contributed by atoms with Crippen molar-refractivity contribution in [3.8, 4) is 0 Å². The summed E-state index contributed by atoms with van der Waals surface area (Å²) in [5, 5.41) is 8.55. The molecule has 1 N–H and O–H groups in total. The Morgan fingerprint density at radius 3 is 3.08 bits per heavy atom. The van der Waals surface area contributed by atoms with Gasteiger partial charge >= 0.3 is 0 Å². The molecule has 1 saturated heterocycles. The molecule has 2 atom stereocenters. The lowest BCUT2D eigenvalue weighted by molar-refractivity contribution is -0.175. The molecular weight excluding hydrogens is 168 g/mol. The molecule has 0 aliphatic carbocycles. The first kappa shape index (κ1) is 10.7. The van der Waals surface area contributed by atoms with Gasteiger partial charge in [-0.1, -0.05) is 12.2 Å². The van der Waals surface area contributed by atoms with Gasteiger partial charge in [0.05, 0.1) is 12.7 Å². The third-order valence-corrected chi connectivity index (χ3v) is 2.02. The van der Waals surface area contributed by atoms with Crippen molar-refractivity contribution in [3.05, 3.63) is 12.2 Å². The van der Waals surface area contributed by atoms with Crippen LogP contribution in [0.2, 0.25) is 0 Å². The number of ether oxygens (including phenoxy) is 2. The van der Waals surface area contributed by atoms with Gasteiger partial charge in [0.25, 0.3) is 0 Å². The summed E-state index contributed by atoms with van der Waals surface area (Å²) in [6.45, 7) is 2.82. The molecule has 1 aliphatic heterocycles. The normalized spacial score (nSPS) is 26.5. The Morgan fingerprint density at radius 1 is 1.62 bits per heavy atom. The number of hydrogen-bond donors (Lipinski definition) is 1. The monoisotopic (exact) mass is 186 g/mol. The molecule has 1 unspecified atom stereocenters. The first-order chi connectivity index (χ1) is 6.33. The van der Waals surface area contributed by atoms with E-state index in [-0.39, 0.29) is 19.0 Å². The van der Waals surface area contributed by atoms with Crippen LogP contribution in [0.3, 0.4) is 0 Å². The van der Waals surface area contributed by atoms with Crippen molar-refractivity contribution in [3.63, 3.8) is 0 Å². The summed E-state index contributed by atoms with van der Waals surface area (Å²) in [6, 6.07) is 0. The molecule has 0 radical (unpaired) electrons. The average molecular weight is 186 g/mol. The fraction of sp³-hybridized carbons (Fsp3) is 0.800. The van der Waals surface area contributed by atoms with Gasteiger partial charge in [-0.2, -0.15) is 0 Å². The summed E-state index contributed by atoms with van der Waals surface area (Å²) < 4.78 is 11.0. The van der Waals surface area contributed by atoms with Crippen LogP contribution < -0.4 is 0 Å². The second-order valence-corrected chi connectivity index (χ2v) is 3.25. The van der Waals surface area contributed by atoms with E-state index in [2.05, 4.69) is 0 Å². The van der Waals surface area contributed by atoms with E-state index in [0.717, 1.165) is 19.4 Å². The topological polar surface area (TPSA) is 38.7 Å². The van der Waals surface area contributed by atoms with Crippen LogP contribution in [0.4, 0.5) is 0 Å². The van der Waals surface area contributed by atoms with Crippen LogP contribution in [0, 0.1) is 0 Å². The second kappa shape index (κ2) is 6.13. The van der Waals surface area contributed by atoms with Crippen LogP contribution in [0.5, 0.6) is 0 Å². The highest BCUT2D eigenvalue weighted by Gasteiger charge is 2.15. The SMILES string of the molecule is C[C@@H](/C=C/CO)OC1CCCCO1. The average Bonchev–Trinajstić information content (AvgIpc) is 2.16. The first-order valence-electron chi connectivity index (χ1n) is 4.87. The van der Waals surface area contributed by atoms with E-state index in [1.165, 1.54) is 6.42 Å². The Morgan fingerprint density at radius 2 is 2.46 bits per heavy atom. The standard InChI is InChI=1S/C10H18O3/c1-9(5-4-7-11)13-10-6-2-3-8-12-10/h4-5,9-11H,2-3,6-8H2,1H3/b5-4+/t9-,10?/m0/s1. The van der Waals surface area contributed by atoms with Gasteiger partial charge in [-0.15, -0.1) is 0 Å². The van der Waals surface area contributed by atoms with Gasteiger partial charge in [0, 0.05) is 6.61 Å². The van der Waals surface area contributed by atoms with Gasteiger partial charge < -0.3 is 14.6 Å². The van der Waals surface area contributed by atoms with Crippen molar-refractivity contribution < 1.29 is 14.6 Å². The molecule has 76 valence electrons. The van der Waals surface area contributed by atoms with E-state index in [9.17, 15) is 0 Å². The number of aliphatic hydroxyl groups is 1. The maximum atomic E-state index is 8.55. The zero-order valence-corrected chi connectivity index (χ0v) is 8.11. The molecule has 3 heteroatoms. The van der Waals surface area contributed by atoms with Gasteiger partial charge in [0.1, 0.15) is 0 Å².